The minimum atomic E-state index is -1.15. The quantitative estimate of drug-likeness (QED) is 0.342. The summed E-state index contributed by atoms with van der Waals surface area (Å²) in [6, 6.07) is 14.5. The van der Waals surface area contributed by atoms with Crippen molar-refractivity contribution in [3.05, 3.63) is 98.2 Å². The van der Waals surface area contributed by atoms with Gasteiger partial charge in [0.2, 0.25) is 0 Å². The van der Waals surface area contributed by atoms with Crippen LogP contribution in [0.1, 0.15) is 27.0 Å². The first kappa shape index (κ1) is 22.8. The summed E-state index contributed by atoms with van der Waals surface area (Å²) in [6.07, 6.45) is 5.23. The first-order valence-electron chi connectivity index (χ1n) is 9.20. The fourth-order valence-corrected chi connectivity index (χ4v) is 3.57. The number of nitrogens with one attached hydrogen (secondary N) is 1. The van der Waals surface area contributed by atoms with E-state index in [4.69, 9.17) is 34.8 Å². The van der Waals surface area contributed by atoms with Crippen LogP contribution in [-0.2, 0) is 11.2 Å². The van der Waals surface area contributed by atoms with Crippen molar-refractivity contribution < 1.29 is 14.7 Å². The van der Waals surface area contributed by atoms with Gasteiger partial charge >= 0.3 is 5.97 Å². The minimum Gasteiger partial charge on any atom is -0.480 e. The molecule has 0 bridgehead atoms. The molecule has 0 radical (unpaired) electrons. The Morgan fingerprint density at radius 2 is 1.65 bits per heavy atom. The standard InChI is InChI=1S/C23H17Cl3N2O3/c24-18-4-1-5-19(25)16(18)11-10-14-6-8-15(9-7-14)13-20(23(30)31)28-22(29)17-3-2-12-27-21(17)26/h1-12,20H,13H2,(H,28,29)(H,30,31)/b11-10+. The second kappa shape index (κ2) is 10.4. The molecule has 8 heteroatoms. The number of hydrogen-bond donors (Lipinski definition) is 2. The summed E-state index contributed by atoms with van der Waals surface area (Å²) in [6.45, 7) is 0. The van der Waals surface area contributed by atoms with Crippen LogP contribution in [0.15, 0.2) is 60.8 Å². The van der Waals surface area contributed by atoms with E-state index in [0.29, 0.717) is 10.0 Å². The SMILES string of the molecule is O=C(NC(Cc1ccc(/C=C/c2c(Cl)cccc2Cl)cc1)C(=O)O)c1cccnc1Cl. The van der Waals surface area contributed by atoms with Crippen molar-refractivity contribution in [3.63, 3.8) is 0 Å². The monoisotopic (exact) mass is 474 g/mol. The summed E-state index contributed by atoms with van der Waals surface area (Å²) in [5.74, 6) is -1.74. The molecule has 3 rings (SSSR count). The topological polar surface area (TPSA) is 79.3 Å². The van der Waals surface area contributed by atoms with Crippen LogP contribution in [0.3, 0.4) is 0 Å². The molecule has 0 aliphatic rings. The number of halogens is 3. The molecular formula is C23H17Cl3N2O3. The largest absolute Gasteiger partial charge is 0.480 e. The number of amides is 1. The van der Waals surface area contributed by atoms with Gasteiger partial charge in [-0.25, -0.2) is 9.78 Å². The minimum absolute atomic E-state index is 0.0129. The van der Waals surface area contributed by atoms with E-state index >= 15 is 0 Å². The molecule has 1 aromatic heterocycles. The van der Waals surface area contributed by atoms with Gasteiger partial charge < -0.3 is 10.4 Å². The number of carboxylic acid groups (broad SMARTS) is 1. The number of nitrogens with zero attached hydrogens (tertiary/aromatic N) is 1. The van der Waals surface area contributed by atoms with E-state index in [1.54, 1.807) is 36.4 Å². The van der Waals surface area contributed by atoms with Gasteiger partial charge in [0, 0.05) is 28.2 Å². The van der Waals surface area contributed by atoms with Crippen molar-refractivity contribution in [2.45, 2.75) is 12.5 Å². The van der Waals surface area contributed by atoms with Gasteiger partial charge in [-0.2, -0.15) is 0 Å². The van der Waals surface area contributed by atoms with Crippen molar-refractivity contribution in [3.8, 4) is 0 Å². The first-order chi connectivity index (χ1) is 14.8. The molecule has 0 aliphatic heterocycles. The average molecular weight is 476 g/mol. The van der Waals surface area contributed by atoms with E-state index in [9.17, 15) is 14.7 Å². The fourth-order valence-electron chi connectivity index (χ4n) is 2.84. The van der Waals surface area contributed by atoms with Gasteiger partial charge in [0.25, 0.3) is 5.91 Å². The van der Waals surface area contributed by atoms with Gasteiger partial charge in [-0.1, -0.05) is 77.3 Å². The number of carbonyl (C=O) groups is 2. The van der Waals surface area contributed by atoms with E-state index in [1.165, 1.54) is 12.3 Å². The van der Waals surface area contributed by atoms with Crippen LogP contribution in [0.4, 0.5) is 0 Å². The zero-order valence-corrected chi connectivity index (χ0v) is 18.3. The average Bonchev–Trinajstić information content (AvgIpc) is 2.74. The Morgan fingerprint density at radius 3 is 2.26 bits per heavy atom. The van der Waals surface area contributed by atoms with Gasteiger partial charge in [0.05, 0.1) is 5.56 Å². The van der Waals surface area contributed by atoms with Crippen LogP contribution in [-0.4, -0.2) is 28.0 Å². The highest BCUT2D eigenvalue weighted by atomic mass is 35.5. The highest BCUT2D eigenvalue weighted by molar-refractivity contribution is 6.37. The molecule has 5 nitrogen and oxygen atoms in total. The molecule has 3 aromatic rings. The van der Waals surface area contributed by atoms with Gasteiger partial charge in [-0.05, 0) is 35.4 Å². The predicted molar refractivity (Wildman–Crippen MR) is 124 cm³/mol. The zero-order chi connectivity index (χ0) is 22.4. The number of rotatable bonds is 7. The van der Waals surface area contributed by atoms with Crippen molar-refractivity contribution in [1.29, 1.82) is 0 Å². The normalized spacial score (nSPS) is 12.0. The second-order valence-corrected chi connectivity index (χ2v) is 7.79. The second-order valence-electron chi connectivity index (χ2n) is 6.62. The number of carbonyl (C=O) groups excluding carboxylic acids is 1. The fraction of sp³-hybridized carbons (Fsp3) is 0.0870. The summed E-state index contributed by atoms with van der Waals surface area (Å²) < 4.78 is 0. The number of aromatic nitrogens is 1. The number of carboxylic acids is 1. The maximum atomic E-state index is 12.4. The van der Waals surface area contributed by atoms with Crippen molar-refractivity contribution in [2.24, 2.45) is 0 Å². The Labute approximate surface area is 194 Å². The molecule has 1 heterocycles. The molecule has 2 N–H and O–H groups in total. The lowest BCUT2D eigenvalue weighted by Crippen LogP contribution is -2.42. The van der Waals surface area contributed by atoms with Crippen molar-refractivity contribution in [2.75, 3.05) is 0 Å². The highest BCUT2D eigenvalue weighted by Crippen LogP contribution is 2.26. The number of aliphatic carboxylic acids is 1. The molecule has 0 saturated carbocycles. The van der Waals surface area contributed by atoms with Crippen LogP contribution in [0, 0.1) is 0 Å². The van der Waals surface area contributed by atoms with Gasteiger partial charge in [-0.15, -0.1) is 0 Å². The number of pyridine rings is 1. The molecule has 1 unspecified atom stereocenters. The molecule has 1 amide bonds. The first-order valence-corrected chi connectivity index (χ1v) is 10.3. The lowest BCUT2D eigenvalue weighted by molar-refractivity contribution is -0.139. The predicted octanol–water partition coefficient (Wildman–Crippen LogP) is 5.64. The third-order valence-electron chi connectivity index (χ3n) is 4.47. The molecule has 158 valence electrons. The van der Waals surface area contributed by atoms with Crippen LogP contribution in [0.25, 0.3) is 12.2 Å². The molecular weight excluding hydrogens is 459 g/mol. The van der Waals surface area contributed by atoms with Crippen molar-refractivity contribution in [1.82, 2.24) is 10.3 Å². The zero-order valence-electron chi connectivity index (χ0n) is 16.1. The summed E-state index contributed by atoms with van der Waals surface area (Å²) in [4.78, 5) is 27.8. The van der Waals surface area contributed by atoms with Gasteiger partial charge in [0.15, 0.2) is 0 Å². The van der Waals surface area contributed by atoms with E-state index < -0.39 is 17.9 Å². The van der Waals surface area contributed by atoms with Crippen LogP contribution >= 0.6 is 34.8 Å². The molecule has 0 spiro atoms. The van der Waals surface area contributed by atoms with E-state index in [1.807, 2.05) is 24.3 Å². The summed E-state index contributed by atoms with van der Waals surface area (Å²) in [7, 11) is 0. The third-order valence-corrected chi connectivity index (χ3v) is 5.43. The van der Waals surface area contributed by atoms with E-state index in [-0.39, 0.29) is 17.1 Å². The van der Waals surface area contributed by atoms with Gasteiger partial charge in [0.1, 0.15) is 11.2 Å². The Balaban J connectivity index is 1.69. The highest BCUT2D eigenvalue weighted by Gasteiger charge is 2.22. The lowest BCUT2D eigenvalue weighted by Gasteiger charge is -2.15. The summed E-state index contributed by atoms with van der Waals surface area (Å²) in [5.41, 5.74) is 2.47. The Bertz CT molecular complexity index is 1110. The maximum Gasteiger partial charge on any atom is 0.326 e. The molecule has 2 aromatic carbocycles. The summed E-state index contributed by atoms with van der Waals surface area (Å²) in [5, 5.41) is 13.1. The number of benzene rings is 2. The van der Waals surface area contributed by atoms with Crippen LogP contribution < -0.4 is 5.32 Å². The molecule has 0 saturated heterocycles. The van der Waals surface area contributed by atoms with E-state index in [0.717, 1.165) is 16.7 Å². The molecule has 0 fully saturated rings. The van der Waals surface area contributed by atoms with Gasteiger partial charge in [-0.3, -0.25) is 4.79 Å². The van der Waals surface area contributed by atoms with Crippen molar-refractivity contribution >= 4 is 58.8 Å². The van der Waals surface area contributed by atoms with E-state index in [2.05, 4.69) is 10.3 Å². The van der Waals surface area contributed by atoms with Crippen LogP contribution in [0.5, 0.6) is 0 Å². The maximum absolute atomic E-state index is 12.4. The Morgan fingerprint density at radius 1 is 0.968 bits per heavy atom. The molecule has 31 heavy (non-hydrogen) atoms. The summed E-state index contributed by atoms with van der Waals surface area (Å²) >= 11 is 18.2. The Hall–Kier alpha value is -2.86. The third kappa shape index (κ3) is 6.07. The molecule has 1 atom stereocenters. The molecule has 0 aliphatic carbocycles. The lowest BCUT2D eigenvalue weighted by atomic mass is 10.0. The smallest absolute Gasteiger partial charge is 0.326 e. The number of hydrogen-bond acceptors (Lipinski definition) is 3. The Kier molecular flexibility index (Phi) is 7.69. The van der Waals surface area contributed by atoms with Crippen LogP contribution in [0.2, 0.25) is 15.2 Å².